The Kier molecular flexibility index (Phi) is 5.62. The van der Waals surface area contributed by atoms with Crippen molar-refractivity contribution in [1.29, 1.82) is 0 Å². The Morgan fingerprint density at radius 2 is 1.95 bits per heavy atom. The molecule has 120 valence electrons. The van der Waals surface area contributed by atoms with E-state index in [4.69, 9.17) is 5.73 Å². The number of carbonyl (C=O) groups excluding carboxylic acids is 2. The van der Waals surface area contributed by atoms with E-state index < -0.39 is 23.8 Å². The fraction of sp³-hybridized carbons (Fsp3) is 0.467. The number of carboxylic acid groups (broad SMARTS) is 1. The number of carboxylic acids is 1. The normalized spacial score (nSPS) is 12.5. The van der Waals surface area contributed by atoms with Crippen LogP contribution in [0.5, 0.6) is 0 Å². The zero-order valence-electron chi connectivity index (χ0n) is 12.9. The summed E-state index contributed by atoms with van der Waals surface area (Å²) < 4.78 is 0. The van der Waals surface area contributed by atoms with Gasteiger partial charge in [-0.25, -0.2) is 4.79 Å². The first-order chi connectivity index (χ1) is 10.1. The van der Waals surface area contributed by atoms with Crippen molar-refractivity contribution < 1.29 is 19.5 Å². The molecule has 0 aliphatic heterocycles. The highest BCUT2D eigenvalue weighted by atomic mass is 16.4. The van der Waals surface area contributed by atoms with Gasteiger partial charge in [-0.2, -0.15) is 0 Å². The number of hydrogen-bond acceptors (Lipinski definition) is 4. The van der Waals surface area contributed by atoms with Gasteiger partial charge >= 0.3 is 5.97 Å². The van der Waals surface area contributed by atoms with Crippen LogP contribution in [0, 0.1) is 5.41 Å². The first-order valence-electron chi connectivity index (χ1n) is 6.89. The van der Waals surface area contributed by atoms with E-state index in [0.29, 0.717) is 12.8 Å². The van der Waals surface area contributed by atoms with Gasteiger partial charge in [0, 0.05) is 6.20 Å². The van der Waals surface area contributed by atoms with Gasteiger partial charge in [0.05, 0.1) is 5.56 Å². The van der Waals surface area contributed by atoms with E-state index in [0.717, 1.165) is 0 Å². The van der Waals surface area contributed by atoms with Crippen molar-refractivity contribution in [2.24, 2.45) is 11.1 Å². The number of rotatable bonds is 6. The number of pyridine rings is 1. The first-order valence-corrected chi connectivity index (χ1v) is 6.89. The average molecular weight is 307 g/mol. The SMILES string of the molecule is CC(C)(C)CCC(NC(=O)c1ccc(C(N)=O)cn1)C(=O)O. The number of carbonyl (C=O) groups is 3. The highest BCUT2D eigenvalue weighted by Crippen LogP contribution is 2.21. The lowest BCUT2D eigenvalue weighted by molar-refractivity contribution is -0.139. The molecule has 0 aromatic carbocycles. The predicted molar refractivity (Wildman–Crippen MR) is 80.3 cm³/mol. The minimum atomic E-state index is -1.09. The smallest absolute Gasteiger partial charge is 0.326 e. The average Bonchev–Trinajstić information content (AvgIpc) is 2.41. The number of amides is 2. The zero-order chi connectivity index (χ0) is 16.9. The second-order valence-electron chi connectivity index (χ2n) is 6.26. The number of primary amides is 1. The highest BCUT2D eigenvalue weighted by molar-refractivity contribution is 5.96. The molecule has 2 amide bonds. The van der Waals surface area contributed by atoms with Crippen LogP contribution in [0.15, 0.2) is 18.3 Å². The van der Waals surface area contributed by atoms with Gasteiger partial charge in [-0.1, -0.05) is 20.8 Å². The van der Waals surface area contributed by atoms with Gasteiger partial charge in [0.1, 0.15) is 11.7 Å². The molecule has 0 aliphatic carbocycles. The first kappa shape index (κ1) is 17.6. The molecule has 1 heterocycles. The molecule has 1 unspecified atom stereocenters. The molecule has 1 aromatic heterocycles. The van der Waals surface area contributed by atoms with Crippen molar-refractivity contribution in [2.75, 3.05) is 0 Å². The molecule has 1 atom stereocenters. The number of nitrogens with zero attached hydrogens (tertiary/aromatic N) is 1. The standard InChI is InChI=1S/C15H21N3O4/c1-15(2,3)7-6-11(14(21)22)18-13(20)10-5-4-9(8-17-10)12(16)19/h4-5,8,11H,6-7H2,1-3H3,(H2,16,19)(H,18,20)(H,21,22). The van der Waals surface area contributed by atoms with Crippen molar-refractivity contribution in [3.63, 3.8) is 0 Å². The summed E-state index contributed by atoms with van der Waals surface area (Å²) in [4.78, 5) is 38.0. The summed E-state index contributed by atoms with van der Waals surface area (Å²) in [6.45, 7) is 5.99. The van der Waals surface area contributed by atoms with E-state index >= 15 is 0 Å². The molecular weight excluding hydrogens is 286 g/mol. The van der Waals surface area contributed by atoms with Crippen LogP contribution in [0.2, 0.25) is 0 Å². The van der Waals surface area contributed by atoms with Gasteiger partial charge in [0.25, 0.3) is 5.91 Å². The molecular formula is C15H21N3O4. The fourth-order valence-corrected chi connectivity index (χ4v) is 1.74. The Hall–Kier alpha value is -2.44. The summed E-state index contributed by atoms with van der Waals surface area (Å²) in [5.41, 5.74) is 5.27. The maximum absolute atomic E-state index is 12.0. The number of hydrogen-bond donors (Lipinski definition) is 3. The summed E-state index contributed by atoms with van der Waals surface area (Å²) in [7, 11) is 0. The van der Waals surface area contributed by atoms with Crippen LogP contribution >= 0.6 is 0 Å². The molecule has 1 rings (SSSR count). The fourth-order valence-electron chi connectivity index (χ4n) is 1.74. The quantitative estimate of drug-likeness (QED) is 0.728. The molecule has 1 aromatic rings. The van der Waals surface area contributed by atoms with E-state index in [1.165, 1.54) is 18.3 Å². The third-order valence-electron chi connectivity index (χ3n) is 3.07. The van der Waals surface area contributed by atoms with Crippen LogP contribution in [0.25, 0.3) is 0 Å². The van der Waals surface area contributed by atoms with Crippen LogP contribution < -0.4 is 11.1 Å². The van der Waals surface area contributed by atoms with Crippen molar-refractivity contribution in [1.82, 2.24) is 10.3 Å². The number of aliphatic carboxylic acids is 1. The Morgan fingerprint density at radius 3 is 2.36 bits per heavy atom. The topological polar surface area (TPSA) is 122 Å². The highest BCUT2D eigenvalue weighted by Gasteiger charge is 2.23. The summed E-state index contributed by atoms with van der Waals surface area (Å²) in [5, 5.41) is 11.6. The van der Waals surface area contributed by atoms with Gasteiger partial charge in [-0.05, 0) is 30.4 Å². The third-order valence-corrected chi connectivity index (χ3v) is 3.07. The zero-order valence-corrected chi connectivity index (χ0v) is 12.9. The molecule has 0 aliphatic rings. The van der Waals surface area contributed by atoms with Crippen LogP contribution in [-0.2, 0) is 4.79 Å². The maximum atomic E-state index is 12.0. The van der Waals surface area contributed by atoms with E-state index in [9.17, 15) is 19.5 Å². The Morgan fingerprint density at radius 1 is 1.32 bits per heavy atom. The lowest BCUT2D eigenvalue weighted by Crippen LogP contribution is -2.41. The van der Waals surface area contributed by atoms with E-state index in [1.54, 1.807) is 0 Å². The van der Waals surface area contributed by atoms with Gasteiger partial charge in [0.15, 0.2) is 0 Å². The van der Waals surface area contributed by atoms with Gasteiger partial charge in [-0.3, -0.25) is 14.6 Å². The molecule has 0 saturated carbocycles. The van der Waals surface area contributed by atoms with Crippen LogP contribution in [-0.4, -0.2) is 33.9 Å². The molecule has 0 spiro atoms. The lowest BCUT2D eigenvalue weighted by Gasteiger charge is -2.21. The number of nitrogens with one attached hydrogen (secondary N) is 1. The molecule has 4 N–H and O–H groups in total. The van der Waals surface area contributed by atoms with Crippen LogP contribution in [0.1, 0.15) is 54.5 Å². The minimum Gasteiger partial charge on any atom is -0.480 e. The van der Waals surface area contributed by atoms with Crippen LogP contribution in [0.4, 0.5) is 0 Å². The van der Waals surface area contributed by atoms with E-state index in [-0.39, 0.29) is 16.7 Å². The van der Waals surface area contributed by atoms with Crippen molar-refractivity contribution >= 4 is 17.8 Å². The maximum Gasteiger partial charge on any atom is 0.326 e. The Bertz CT molecular complexity index is 561. The molecule has 7 nitrogen and oxygen atoms in total. The monoisotopic (exact) mass is 307 g/mol. The van der Waals surface area contributed by atoms with Crippen molar-refractivity contribution in [3.8, 4) is 0 Å². The molecule has 7 heteroatoms. The third kappa shape index (κ3) is 5.51. The lowest BCUT2D eigenvalue weighted by atomic mass is 9.88. The molecule has 0 saturated heterocycles. The Labute approximate surface area is 128 Å². The molecule has 0 bridgehead atoms. The van der Waals surface area contributed by atoms with E-state index in [2.05, 4.69) is 10.3 Å². The predicted octanol–water partition coefficient (Wildman–Crippen LogP) is 1.19. The number of aromatic nitrogens is 1. The van der Waals surface area contributed by atoms with Gasteiger partial charge in [0.2, 0.25) is 5.91 Å². The van der Waals surface area contributed by atoms with Crippen molar-refractivity contribution in [2.45, 2.75) is 39.7 Å². The molecule has 0 fully saturated rings. The van der Waals surface area contributed by atoms with Crippen LogP contribution in [0.3, 0.4) is 0 Å². The summed E-state index contributed by atoms with van der Waals surface area (Å²) in [6, 6.07) is 1.72. The second-order valence-corrected chi connectivity index (χ2v) is 6.26. The van der Waals surface area contributed by atoms with Gasteiger partial charge in [-0.15, -0.1) is 0 Å². The second kappa shape index (κ2) is 7.02. The molecule has 0 radical (unpaired) electrons. The number of nitrogens with two attached hydrogens (primary N) is 1. The Balaban J connectivity index is 2.74. The summed E-state index contributed by atoms with van der Waals surface area (Å²) >= 11 is 0. The largest absolute Gasteiger partial charge is 0.480 e. The summed E-state index contributed by atoms with van der Waals surface area (Å²) in [6.07, 6.45) is 2.16. The van der Waals surface area contributed by atoms with Gasteiger partial charge < -0.3 is 16.2 Å². The van der Waals surface area contributed by atoms with E-state index in [1.807, 2.05) is 20.8 Å². The minimum absolute atomic E-state index is 0.0280. The van der Waals surface area contributed by atoms with Crippen molar-refractivity contribution in [3.05, 3.63) is 29.6 Å². The summed E-state index contributed by atoms with van der Waals surface area (Å²) in [5.74, 6) is -2.34. The molecule has 22 heavy (non-hydrogen) atoms.